The Bertz CT molecular complexity index is 1500. The lowest BCUT2D eigenvalue weighted by Crippen LogP contribution is -2.27. The third-order valence-electron chi connectivity index (χ3n) is 5.85. The zero-order valence-corrected chi connectivity index (χ0v) is 21.1. The van der Waals surface area contributed by atoms with Crippen molar-refractivity contribution in [3.8, 4) is 17.2 Å². The summed E-state index contributed by atoms with van der Waals surface area (Å²) in [4.78, 5) is 31.2. The number of fused-ring (bicyclic) bond motifs is 1. The van der Waals surface area contributed by atoms with Crippen LogP contribution in [0.3, 0.4) is 0 Å². The molecule has 7 nitrogen and oxygen atoms in total. The summed E-state index contributed by atoms with van der Waals surface area (Å²) in [6, 6.07) is 17.3. The molecule has 1 aliphatic rings. The molecule has 0 radical (unpaired) electrons. The molecule has 0 atom stereocenters. The Hall–Kier alpha value is -4.11. The van der Waals surface area contributed by atoms with Gasteiger partial charge < -0.3 is 15.4 Å². The number of carbonyl (C=O) groups excluding carboxylic acids is 1. The van der Waals surface area contributed by atoms with E-state index in [4.69, 9.17) is 4.74 Å². The van der Waals surface area contributed by atoms with Gasteiger partial charge in [0.15, 0.2) is 0 Å². The Morgan fingerprint density at radius 3 is 2.62 bits per heavy atom. The highest BCUT2D eigenvalue weighted by atomic mass is 32.2. The molecular formula is C28H25FN4O3S. The van der Waals surface area contributed by atoms with E-state index in [2.05, 4.69) is 29.5 Å². The van der Waals surface area contributed by atoms with Crippen molar-refractivity contribution in [2.45, 2.75) is 18.7 Å². The number of amides is 1. The highest BCUT2D eigenvalue weighted by Gasteiger charge is 2.25. The van der Waals surface area contributed by atoms with Crippen LogP contribution in [0.15, 0.2) is 88.8 Å². The van der Waals surface area contributed by atoms with Crippen molar-refractivity contribution in [3.63, 3.8) is 0 Å². The van der Waals surface area contributed by atoms with Crippen molar-refractivity contribution >= 4 is 29.2 Å². The van der Waals surface area contributed by atoms with Crippen LogP contribution in [0.25, 0.3) is 5.69 Å². The van der Waals surface area contributed by atoms with Crippen molar-refractivity contribution < 1.29 is 13.9 Å². The van der Waals surface area contributed by atoms with E-state index in [9.17, 15) is 14.0 Å². The van der Waals surface area contributed by atoms with Gasteiger partial charge in [-0.15, -0.1) is 11.8 Å². The minimum absolute atomic E-state index is 0.0286. The van der Waals surface area contributed by atoms with Crippen LogP contribution in [-0.2, 0) is 0 Å². The first-order valence-corrected chi connectivity index (χ1v) is 12.7. The van der Waals surface area contributed by atoms with Gasteiger partial charge in [-0.25, -0.2) is 9.37 Å². The summed E-state index contributed by atoms with van der Waals surface area (Å²) < 4.78 is 20.7. The maximum atomic E-state index is 13.3. The lowest BCUT2D eigenvalue weighted by atomic mass is 9.97. The summed E-state index contributed by atoms with van der Waals surface area (Å²) in [6.07, 6.45) is 3.25. The van der Waals surface area contributed by atoms with Crippen molar-refractivity contribution in [3.05, 3.63) is 101 Å². The highest BCUT2D eigenvalue weighted by Crippen LogP contribution is 2.42. The Kier molecular flexibility index (Phi) is 6.71. The number of rotatable bonds is 5. The molecule has 0 spiro atoms. The van der Waals surface area contributed by atoms with Gasteiger partial charge in [-0.3, -0.25) is 14.2 Å². The second kappa shape index (κ2) is 10.1. The number of halogens is 1. The molecule has 188 valence electrons. The zero-order chi connectivity index (χ0) is 26.0. The molecule has 0 fully saturated rings. The first-order chi connectivity index (χ1) is 17.8. The Morgan fingerprint density at radius 1 is 1.11 bits per heavy atom. The number of aromatic nitrogens is 2. The van der Waals surface area contributed by atoms with Crippen LogP contribution in [0.5, 0.6) is 11.5 Å². The number of nitrogens with one attached hydrogen (secondary N) is 2. The molecule has 0 aliphatic carbocycles. The molecule has 4 aromatic rings. The van der Waals surface area contributed by atoms with E-state index in [1.54, 1.807) is 48.3 Å². The minimum atomic E-state index is -0.542. The molecule has 2 aromatic heterocycles. The summed E-state index contributed by atoms with van der Waals surface area (Å²) in [5.74, 6) is 2.11. The third kappa shape index (κ3) is 5.51. The van der Waals surface area contributed by atoms with Crippen molar-refractivity contribution in [2.24, 2.45) is 5.41 Å². The van der Waals surface area contributed by atoms with Crippen LogP contribution in [0.1, 0.15) is 24.2 Å². The highest BCUT2D eigenvalue weighted by molar-refractivity contribution is 7.99. The molecule has 3 heterocycles. The number of benzene rings is 2. The predicted octanol–water partition coefficient (Wildman–Crippen LogP) is 5.96. The van der Waals surface area contributed by atoms with Crippen LogP contribution < -0.4 is 20.9 Å². The third-order valence-corrected chi connectivity index (χ3v) is 7.46. The van der Waals surface area contributed by atoms with E-state index in [-0.39, 0.29) is 11.0 Å². The molecule has 1 amide bonds. The maximum absolute atomic E-state index is 13.3. The summed E-state index contributed by atoms with van der Waals surface area (Å²) in [5.41, 5.74) is 0.579. The van der Waals surface area contributed by atoms with Gasteiger partial charge in [0.1, 0.15) is 28.7 Å². The van der Waals surface area contributed by atoms with Gasteiger partial charge in [0, 0.05) is 42.1 Å². The smallest absolute Gasteiger partial charge is 0.267 e. The number of thioether (sulfide) groups is 1. The molecule has 0 saturated heterocycles. The van der Waals surface area contributed by atoms with E-state index in [1.807, 2.05) is 6.07 Å². The lowest BCUT2D eigenvalue weighted by Gasteiger charge is -2.20. The summed E-state index contributed by atoms with van der Waals surface area (Å²) >= 11 is 1.72. The average molecular weight is 517 g/mol. The van der Waals surface area contributed by atoms with Gasteiger partial charge in [0.05, 0.1) is 4.90 Å². The van der Waals surface area contributed by atoms with Crippen LogP contribution >= 0.6 is 11.8 Å². The number of nitrogens with zero attached hydrogens (tertiary/aromatic N) is 2. The first kappa shape index (κ1) is 24.6. The van der Waals surface area contributed by atoms with E-state index >= 15 is 0 Å². The molecule has 0 bridgehead atoms. The average Bonchev–Trinajstić information content (AvgIpc) is 3.04. The second-order valence-corrected chi connectivity index (χ2v) is 10.4. The van der Waals surface area contributed by atoms with E-state index in [0.29, 0.717) is 22.9 Å². The van der Waals surface area contributed by atoms with Gasteiger partial charge >= 0.3 is 0 Å². The molecule has 1 aliphatic heterocycles. The molecule has 0 saturated carbocycles. The standard InChI is InChI=1S/C28H25FN4O3S/c1-28(2)16-31-25-24(37-17-28)23(13-14-30-25)36-21-11-7-19(8-12-21)32-26(34)22-4-3-15-33(27(22)35)20-9-5-18(29)6-10-20/h3-15H,16-17H2,1-2H3,(H,30,31)(H,32,34). The largest absolute Gasteiger partial charge is 0.456 e. The Morgan fingerprint density at radius 2 is 1.86 bits per heavy atom. The fourth-order valence-electron chi connectivity index (χ4n) is 3.82. The van der Waals surface area contributed by atoms with E-state index in [0.717, 1.165) is 23.0 Å². The number of hydrogen-bond acceptors (Lipinski definition) is 6. The zero-order valence-electron chi connectivity index (χ0n) is 20.3. The van der Waals surface area contributed by atoms with Gasteiger partial charge in [0.25, 0.3) is 11.5 Å². The molecule has 2 aromatic carbocycles. The molecule has 5 rings (SSSR count). The van der Waals surface area contributed by atoms with E-state index < -0.39 is 17.3 Å². The topological polar surface area (TPSA) is 85.2 Å². The van der Waals surface area contributed by atoms with Crippen molar-refractivity contribution in [1.82, 2.24) is 9.55 Å². The van der Waals surface area contributed by atoms with Crippen molar-refractivity contribution in [2.75, 3.05) is 22.9 Å². The van der Waals surface area contributed by atoms with Gasteiger partial charge in [0.2, 0.25) is 0 Å². The number of carbonyl (C=O) groups is 1. The quantitative estimate of drug-likeness (QED) is 0.341. The predicted molar refractivity (Wildman–Crippen MR) is 144 cm³/mol. The Labute approximate surface area is 217 Å². The fraction of sp³-hybridized carbons (Fsp3) is 0.179. The number of hydrogen-bond donors (Lipinski definition) is 2. The SMILES string of the molecule is CC1(C)CNc2nccc(Oc3ccc(NC(=O)c4cccn(-c5ccc(F)cc5)c4=O)cc3)c2SC1. The van der Waals surface area contributed by atoms with Crippen molar-refractivity contribution in [1.29, 1.82) is 0 Å². The van der Waals surface area contributed by atoms with Gasteiger partial charge in [-0.2, -0.15) is 0 Å². The molecule has 37 heavy (non-hydrogen) atoms. The minimum Gasteiger partial charge on any atom is -0.456 e. The number of anilines is 2. The van der Waals surface area contributed by atoms with Crippen LogP contribution in [0, 0.1) is 11.2 Å². The first-order valence-electron chi connectivity index (χ1n) is 11.7. The summed E-state index contributed by atoms with van der Waals surface area (Å²) in [5, 5.41) is 6.16. The molecular weight excluding hydrogens is 491 g/mol. The summed E-state index contributed by atoms with van der Waals surface area (Å²) in [6.45, 7) is 5.24. The van der Waals surface area contributed by atoms with Crippen LogP contribution in [0.2, 0.25) is 0 Å². The number of pyridine rings is 2. The monoisotopic (exact) mass is 516 g/mol. The second-order valence-electron chi connectivity index (χ2n) is 9.45. The molecule has 2 N–H and O–H groups in total. The van der Waals surface area contributed by atoms with Gasteiger partial charge in [-0.1, -0.05) is 13.8 Å². The number of ether oxygens (including phenoxy) is 1. The van der Waals surface area contributed by atoms with E-state index in [1.165, 1.54) is 41.1 Å². The Balaban J connectivity index is 1.30. The fourth-order valence-corrected chi connectivity index (χ4v) is 4.97. The lowest BCUT2D eigenvalue weighted by molar-refractivity contribution is 0.102. The summed E-state index contributed by atoms with van der Waals surface area (Å²) in [7, 11) is 0. The van der Waals surface area contributed by atoms with Crippen LogP contribution in [-0.4, -0.2) is 27.8 Å². The maximum Gasteiger partial charge on any atom is 0.267 e. The van der Waals surface area contributed by atoms with Crippen LogP contribution in [0.4, 0.5) is 15.9 Å². The molecule has 0 unspecified atom stereocenters. The van der Waals surface area contributed by atoms with Gasteiger partial charge in [-0.05, 0) is 66.1 Å². The normalized spacial score (nSPS) is 14.1. The molecule has 9 heteroatoms.